The second kappa shape index (κ2) is 28.0. The van der Waals surface area contributed by atoms with Gasteiger partial charge < -0.3 is 38.1 Å². The van der Waals surface area contributed by atoms with Crippen LogP contribution < -0.4 is 0 Å². The Morgan fingerprint density at radius 1 is 0.698 bits per heavy atom. The Morgan fingerprint density at radius 2 is 1.07 bits per heavy atom. The summed E-state index contributed by atoms with van der Waals surface area (Å²) >= 11 is 0. The summed E-state index contributed by atoms with van der Waals surface area (Å²) in [6.07, 6.45) is 3.47. The Hall–Kier alpha value is -1.49. The van der Waals surface area contributed by atoms with Crippen molar-refractivity contribution in [2.75, 3.05) is 28.4 Å². The molecule has 1 atom stereocenters. The predicted octanol–water partition coefficient (Wildman–Crippen LogP) is 3.08. The van der Waals surface area contributed by atoms with Gasteiger partial charge in [0.2, 0.25) is 0 Å². The predicted molar refractivity (Wildman–Crippen MR) is 150 cm³/mol. The van der Waals surface area contributed by atoms with Crippen molar-refractivity contribution in [2.45, 2.75) is 74.7 Å². The molecule has 0 aliphatic rings. The largest absolute Gasteiger partial charge is 0.541 e. The van der Waals surface area contributed by atoms with Gasteiger partial charge in [0, 0.05) is 78.3 Å². The number of rotatable bonds is 12. The maximum atomic E-state index is 12.0. The van der Waals surface area contributed by atoms with Gasteiger partial charge in [-0.1, -0.05) is 67.9 Å². The molecule has 0 aliphatic heterocycles. The summed E-state index contributed by atoms with van der Waals surface area (Å²) in [5, 5.41) is 0. The number of ketones is 2. The zero-order chi connectivity index (χ0) is 32.3. The van der Waals surface area contributed by atoms with Crippen LogP contribution in [0.15, 0.2) is 12.2 Å². The Balaban J connectivity index is -0.000000127. The van der Waals surface area contributed by atoms with Gasteiger partial charge in [-0.05, 0) is 17.3 Å². The molecule has 2 radical (unpaired) electrons. The van der Waals surface area contributed by atoms with Gasteiger partial charge in [-0.25, -0.2) is 9.59 Å². The third kappa shape index (κ3) is 29.0. The Bertz CT molecular complexity index is 881. The molecule has 1 unspecified atom stereocenters. The topological polar surface area (TPSA) is 173 Å². The van der Waals surface area contributed by atoms with Crippen LogP contribution >= 0.6 is 0 Å². The maximum absolute atomic E-state index is 12.0. The summed E-state index contributed by atoms with van der Waals surface area (Å²) in [5.74, 6) is -6.02. The van der Waals surface area contributed by atoms with E-state index in [1.807, 2.05) is 41.5 Å². The first-order chi connectivity index (χ1) is 18.2. The van der Waals surface area contributed by atoms with E-state index in [1.54, 1.807) is 12.6 Å². The van der Waals surface area contributed by atoms with E-state index in [9.17, 15) is 38.4 Å². The van der Waals surface area contributed by atoms with Gasteiger partial charge in [0.25, 0.3) is 0 Å². The Kier molecular flexibility index (Phi) is 35.2. The fraction of sp³-hybridized carbons (Fsp3) is 0.655. The van der Waals surface area contributed by atoms with Crippen molar-refractivity contribution in [1.82, 2.24) is 0 Å². The third-order valence-electron chi connectivity index (χ3n) is 4.54. The number of carbonyl (C=O) groups is 6. The molecule has 0 aliphatic carbocycles. The van der Waals surface area contributed by atoms with Crippen molar-refractivity contribution < 1.29 is 123 Å². The zero-order valence-electron chi connectivity index (χ0n) is 26.2. The Labute approximate surface area is 306 Å². The van der Waals surface area contributed by atoms with Crippen molar-refractivity contribution in [3.05, 3.63) is 12.2 Å². The molecule has 0 spiro atoms. The van der Waals surface area contributed by atoms with Gasteiger partial charge in [-0.15, -0.1) is 0 Å². The fourth-order valence-corrected chi connectivity index (χ4v) is 2.76. The minimum Gasteiger partial charge on any atom is -0.541 e. The second-order valence-electron chi connectivity index (χ2n) is 10.8. The molecule has 242 valence electrons. The third-order valence-corrected chi connectivity index (χ3v) is 4.54. The summed E-state index contributed by atoms with van der Waals surface area (Å²) in [7, 11) is 4.57. The molecular weight excluding hydrogens is 718 g/mol. The molecule has 0 aromatic rings. The molecule has 0 saturated heterocycles. The zero-order valence-corrected chi connectivity index (χ0v) is 31.9. The summed E-state index contributed by atoms with van der Waals surface area (Å²) in [6.45, 7) is 14.6. The quantitative estimate of drug-likeness (QED) is 0.0711. The van der Waals surface area contributed by atoms with Crippen LogP contribution in [-0.4, -0.2) is 76.5 Å². The number of carbonyl (C=O) groups excluding carboxylic acids is 8. The summed E-state index contributed by atoms with van der Waals surface area (Å²) in [4.78, 5) is 87.5. The van der Waals surface area contributed by atoms with Crippen molar-refractivity contribution in [2.24, 2.45) is 22.7 Å². The summed E-state index contributed by atoms with van der Waals surface area (Å²) < 4.78 is 17.4. The molecular formula is C29H46O12Y2-2. The molecule has 0 bridgehead atoms. The van der Waals surface area contributed by atoms with Crippen molar-refractivity contribution in [3.8, 4) is 0 Å². The standard InChI is InChI=1S/C14H21O6.C8H13O2.C6H8O4.CH4.2Y/c1-14(2,3)7-11(16)9(8-15)6-10(12(17)19-4)13(18)20-5;1-8(2,3)6-7(10)4-5-9;1-4(5(7)9-2)6(8)10-3;;;/h9-10H,6-7H2,1-5H3;4,6H2,1-3H3;1H2,2-3H3;1H4;;/q2*-1;;;;. The number of Topliss-reactive ketones (excluding diaryl/α,β-unsaturated/α-hetero) is 2. The van der Waals surface area contributed by atoms with Crippen LogP contribution in [0.25, 0.3) is 0 Å². The van der Waals surface area contributed by atoms with Crippen LogP contribution in [0.5, 0.6) is 0 Å². The molecule has 12 nitrogen and oxygen atoms in total. The molecule has 0 aromatic heterocycles. The molecule has 0 heterocycles. The maximum Gasteiger partial charge on any atom is 0.344 e. The minimum absolute atomic E-state index is 0. The number of hydrogen-bond acceptors (Lipinski definition) is 12. The van der Waals surface area contributed by atoms with Crippen LogP contribution in [0.1, 0.15) is 74.7 Å². The summed E-state index contributed by atoms with van der Waals surface area (Å²) in [6, 6.07) is 0. The number of ether oxygens (including phenoxy) is 4. The number of methoxy groups -OCH3 is 4. The first-order valence-corrected chi connectivity index (χ1v) is 12.0. The van der Waals surface area contributed by atoms with Crippen LogP contribution in [0.4, 0.5) is 0 Å². The molecule has 0 saturated carbocycles. The number of hydrogen-bond donors (Lipinski definition) is 0. The molecule has 0 N–H and O–H groups in total. The average molecular weight is 764 g/mol. The van der Waals surface area contributed by atoms with Gasteiger partial charge in [0.1, 0.15) is 17.1 Å². The molecule has 0 aromatic carbocycles. The van der Waals surface area contributed by atoms with Crippen LogP contribution in [0.2, 0.25) is 0 Å². The van der Waals surface area contributed by atoms with Gasteiger partial charge in [0.05, 0.1) is 28.4 Å². The summed E-state index contributed by atoms with van der Waals surface area (Å²) in [5.41, 5.74) is -0.600. The van der Waals surface area contributed by atoms with Crippen molar-refractivity contribution in [3.63, 3.8) is 0 Å². The van der Waals surface area contributed by atoms with E-state index in [0.29, 0.717) is 6.42 Å². The normalized spacial score (nSPS) is 10.4. The van der Waals surface area contributed by atoms with E-state index in [-0.39, 0.29) is 120 Å². The van der Waals surface area contributed by atoms with Crippen LogP contribution in [0, 0.1) is 22.7 Å². The second-order valence-corrected chi connectivity index (χ2v) is 10.8. The average Bonchev–Trinajstić information content (AvgIpc) is 2.85. The van der Waals surface area contributed by atoms with E-state index in [4.69, 9.17) is 0 Å². The monoisotopic (exact) mass is 764 g/mol. The molecule has 14 heteroatoms. The van der Waals surface area contributed by atoms with E-state index >= 15 is 0 Å². The molecule has 43 heavy (non-hydrogen) atoms. The van der Waals surface area contributed by atoms with E-state index < -0.39 is 35.7 Å². The SMILES string of the molecule is C.C=C(C(=O)OC)C(=O)OC.CC(C)(C)CC(=O)C[C-]=O.COC(=O)C(CC([C-]=O)C(=O)CC(C)(C)C)C(=O)OC.[Y].[Y]. The van der Waals surface area contributed by atoms with Gasteiger partial charge in [-0.3, -0.25) is 22.2 Å². The van der Waals surface area contributed by atoms with Crippen molar-refractivity contribution >= 4 is 48.0 Å². The molecule has 0 fully saturated rings. The van der Waals surface area contributed by atoms with Gasteiger partial charge >= 0.3 is 23.9 Å². The van der Waals surface area contributed by atoms with Crippen LogP contribution in [-0.2, 0) is 123 Å². The van der Waals surface area contributed by atoms with E-state index in [2.05, 4.69) is 25.5 Å². The molecule has 0 amide bonds. The van der Waals surface area contributed by atoms with E-state index in [1.165, 1.54) is 0 Å². The first kappa shape index (κ1) is 54.0. The van der Waals surface area contributed by atoms with Gasteiger partial charge in [0.15, 0.2) is 5.92 Å². The minimum atomic E-state index is -1.29. The number of esters is 4. The van der Waals surface area contributed by atoms with Gasteiger partial charge in [-0.2, -0.15) is 0 Å². The molecule has 0 rings (SSSR count). The van der Waals surface area contributed by atoms with E-state index in [0.717, 1.165) is 28.4 Å². The fourth-order valence-electron chi connectivity index (χ4n) is 2.76. The van der Waals surface area contributed by atoms with Crippen LogP contribution in [0.3, 0.4) is 0 Å². The van der Waals surface area contributed by atoms with Crippen molar-refractivity contribution in [1.29, 1.82) is 0 Å². The Morgan fingerprint density at radius 3 is 1.33 bits per heavy atom. The smallest absolute Gasteiger partial charge is 0.344 e. The first-order valence-electron chi connectivity index (χ1n) is 12.0.